The van der Waals surface area contributed by atoms with Gasteiger partial charge in [-0.15, -0.1) is 0 Å². The summed E-state index contributed by atoms with van der Waals surface area (Å²) in [5.41, 5.74) is 0.290. The second kappa shape index (κ2) is 11.3. The first-order valence-electron chi connectivity index (χ1n) is 10.9. The lowest BCUT2D eigenvalue weighted by molar-refractivity contribution is 0.0258. The van der Waals surface area contributed by atoms with Crippen molar-refractivity contribution in [2.24, 2.45) is 0 Å². The Bertz CT molecular complexity index is 805. The molecule has 2 heterocycles. The molecule has 0 radical (unpaired) electrons. The number of β-amino-alcohol motifs (C(OH)–C–C–N with tert-alkyl or cyclic N) is 1. The predicted octanol–water partition coefficient (Wildman–Crippen LogP) is 1.94. The molecule has 1 aromatic heterocycles. The average molecular weight is 430 g/mol. The van der Waals surface area contributed by atoms with Crippen LogP contribution >= 0.6 is 0 Å². The Kier molecular flexibility index (Phi) is 8.45. The standard InChI is InChI=1S/C23H35N5O3/c1-27(2)11-5-13-31-20-7-6-19(14-21(20)30-3)15-25-17-23(29)8-4-12-28(18-23)22-16-24-9-10-26-22/h6-7,9-10,14,16,25,29H,4-5,8,11-13,15,17-18H2,1-3H3. The highest BCUT2D eigenvalue weighted by atomic mass is 16.5. The Morgan fingerprint density at radius 1 is 1.26 bits per heavy atom. The molecule has 1 fully saturated rings. The number of aromatic nitrogens is 2. The number of rotatable bonds is 11. The van der Waals surface area contributed by atoms with Gasteiger partial charge in [0.25, 0.3) is 0 Å². The maximum absolute atomic E-state index is 11.1. The van der Waals surface area contributed by atoms with E-state index in [9.17, 15) is 5.11 Å². The van der Waals surface area contributed by atoms with Crippen LogP contribution in [0.3, 0.4) is 0 Å². The zero-order chi connectivity index (χ0) is 22.1. The van der Waals surface area contributed by atoms with E-state index in [1.165, 1.54) is 0 Å². The van der Waals surface area contributed by atoms with Gasteiger partial charge in [-0.2, -0.15) is 0 Å². The van der Waals surface area contributed by atoms with Crippen LogP contribution in [0, 0.1) is 0 Å². The van der Waals surface area contributed by atoms with Crippen LogP contribution in [-0.2, 0) is 6.54 Å². The van der Waals surface area contributed by atoms with Crippen LogP contribution in [0.2, 0.25) is 0 Å². The van der Waals surface area contributed by atoms with E-state index in [4.69, 9.17) is 9.47 Å². The highest BCUT2D eigenvalue weighted by molar-refractivity contribution is 5.43. The van der Waals surface area contributed by atoms with Gasteiger partial charge in [-0.1, -0.05) is 6.07 Å². The fraction of sp³-hybridized carbons (Fsp3) is 0.565. The number of hydrogen-bond acceptors (Lipinski definition) is 8. The molecule has 2 N–H and O–H groups in total. The maximum atomic E-state index is 11.1. The number of nitrogens with one attached hydrogen (secondary N) is 1. The van der Waals surface area contributed by atoms with Crippen molar-refractivity contribution in [3.8, 4) is 11.5 Å². The van der Waals surface area contributed by atoms with Gasteiger partial charge in [-0.3, -0.25) is 4.98 Å². The Morgan fingerprint density at radius 2 is 2.13 bits per heavy atom. The zero-order valence-electron chi connectivity index (χ0n) is 18.9. The van der Waals surface area contributed by atoms with E-state index in [-0.39, 0.29) is 0 Å². The second-order valence-electron chi connectivity index (χ2n) is 8.41. The lowest BCUT2D eigenvalue weighted by Crippen LogP contribution is -2.53. The van der Waals surface area contributed by atoms with Crippen molar-refractivity contribution in [3.63, 3.8) is 0 Å². The molecule has 1 aromatic carbocycles. The SMILES string of the molecule is COc1cc(CNCC2(O)CCCN(c3cnccn3)C2)ccc1OCCCN(C)C. The van der Waals surface area contributed by atoms with Gasteiger partial charge in [0.1, 0.15) is 5.82 Å². The van der Waals surface area contributed by atoms with Crippen molar-refractivity contribution >= 4 is 5.82 Å². The molecule has 0 spiro atoms. The summed E-state index contributed by atoms with van der Waals surface area (Å²) in [6.07, 6.45) is 7.74. The normalized spacial score (nSPS) is 18.9. The molecule has 1 aliphatic heterocycles. The molecule has 31 heavy (non-hydrogen) atoms. The Labute approximate surface area is 185 Å². The van der Waals surface area contributed by atoms with Gasteiger partial charge >= 0.3 is 0 Å². The molecule has 1 aliphatic rings. The van der Waals surface area contributed by atoms with Crippen molar-refractivity contribution in [1.82, 2.24) is 20.2 Å². The van der Waals surface area contributed by atoms with Gasteiger partial charge in [0.15, 0.2) is 11.5 Å². The van der Waals surface area contributed by atoms with Crippen LogP contribution in [0.25, 0.3) is 0 Å². The quantitative estimate of drug-likeness (QED) is 0.525. The van der Waals surface area contributed by atoms with Crippen LogP contribution in [0.4, 0.5) is 5.82 Å². The number of methoxy groups -OCH3 is 1. The lowest BCUT2D eigenvalue weighted by Gasteiger charge is -2.39. The molecule has 170 valence electrons. The first kappa shape index (κ1) is 23.2. The third-order valence-electron chi connectivity index (χ3n) is 5.45. The molecule has 0 bridgehead atoms. The van der Waals surface area contributed by atoms with Crippen LogP contribution in [-0.4, -0.2) is 79.6 Å². The van der Waals surface area contributed by atoms with E-state index < -0.39 is 5.60 Å². The maximum Gasteiger partial charge on any atom is 0.161 e. The molecule has 2 aromatic rings. The van der Waals surface area contributed by atoms with Gasteiger partial charge in [-0.05, 0) is 51.1 Å². The summed E-state index contributed by atoms with van der Waals surface area (Å²) < 4.78 is 11.4. The molecule has 1 unspecified atom stereocenters. The Morgan fingerprint density at radius 3 is 2.87 bits per heavy atom. The Balaban J connectivity index is 1.50. The first-order chi connectivity index (χ1) is 15.0. The van der Waals surface area contributed by atoms with E-state index in [1.807, 2.05) is 18.2 Å². The van der Waals surface area contributed by atoms with Crippen LogP contribution in [0.5, 0.6) is 11.5 Å². The van der Waals surface area contributed by atoms with Crippen molar-refractivity contribution in [2.75, 3.05) is 58.9 Å². The van der Waals surface area contributed by atoms with E-state index in [0.717, 1.165) is 55.2 Å². The minimum absolute atomic E-state index is 0.509. The molecule has 0 aliphatic carbocycles. The van der Waals surface area contributed by atoms with Gasteiger partial charge in [0.2, 0.25) is 0 Å². The molecule has 3 rings (SSSR count). The van der Waals surface area contributed by atoms with Gasteiger partial charge < -0.3 is 29.7 Å². The third kappa shape index (κ3) is 7.05. The molecule has 0 saturated carbocycles. The minimum Gasteiger partial charge on any atom is -0.493 e. The molecule has 8 nitrogen and oxygen atoms in total. The van der Waals surface area contributed by atoms with Crippen LogP contribution < -0.4 is 19.7 Å². The van der Waals surface area contributed by atoms with Crippen molar-refractivity contribution in [3.05, 3.63) is 42.4 Å². The fourth-order valence-corrected chi connectivity index (χ4v) is 3.85. The number of hydrogen-bond donors (Lipinski definition) is 2. The van der Waals surface area contributed by atoms with Crippen molar-refractivity contribution < 1.29 is 14.6 Å². The molecule has 1 saturated heterocycles. The largest absolute Gasteiger partial charge is 0.493 e. The third-order valence-corrected chi connectivity index (χ3v) is 5.45. The highest BCUT2D eigenvalue weighted by Gasteiger charge is 2.33. The Hall–Kier alpha value is -2.42. The number of anilines is 1. The minimum atomic E-state index is -0.796. The average Bonchev–Trinajstić information content (AvgIpc) is 2.77. The topological polar surface area (TPSA) is 83.0 Å². The monoisotopic (exact) mass is 429 g/mol. The van der Waals surface area contributed by atoms with E-state index in [0.29, 0.717) is 26.2 Å². The van der Waals surface area contributed by atoms with E-state index in [2.05, 4.69) is 39.2 Å². The summed E-state index contributed by atoms with van der Waals surface area (Å²) in [6, 6.07) is 5.98. The van der Waals surface area contributed by atoms with Crippen LogP contribution in [0.15, 0.2) is 36.8 Å². The van der Waals surface area contributed by atoms with E-state index >= 15 is 0 Å². The smallest absolute Gasteiger partial charge is 0.161 e. The fourth-order valence-electron chi connectivity index (χ4n) is 3.85. The number of ether oxygens (including phenoxy) is 2. The highest BCUT2D eigenvalue weighted by Crippen LogP contribution is 2.28. The van der Waals surface area contributed by atoms with Gasteiger partial charge in [-0.25, -0.2) is 4.98 Å². The number of benzene rings is 1. The van der Waals surface area contributed by atoms with Gasteiger partial charge in [0.05, 0.1) is 25.5 Å². The molecule has 1 atom stereocenters. The molecular formula is C23H35N5O3. The summed E-state index contributed by atoms with van der Waals surface area (Å²) in [6.45, 7) is 4.22. The molecule has 0 amide bonds. The predicted molar refractivity (Wildman–Crippen MR) is 122 cm³/mol. The summed E-state index contributed by atoms with van der Waals surface area (Å²) in [4.78, 5) is 12.7. The summed E-state index contributed by atoms with van der Waals surface area (Å²) >= 11 is 0. The number of piperidine rings is 1. The summed E-state index contributed by atoms with van der Waals surface area (Å²) in [5, 5.41) is 14.5. The van der Waals surface area contributed by atoms with Crippen molar-refractivity contribution in [1.29, 1.82) is 0 Å². The summed E-state index contributed by atoms with van der Waals surface area (Å²) in [5.74, 6) is 2.30. The second-order valence-corrected chi connectivity index (χ2v) is 8.41. The number of aliphatic hydroxyl groups is 1. The molecule has 8 heteroatoms. The lowest BCUT2D eigenvalue weighted by atomic mass is 9.92. The van der Waals surface area contributed by atoms with Crippen LogP contribution in [0.1, 0.15) is 24.8 Å². The zero-order valence-corrected chi connectivity index (χ0v) is 18.9. The van der Waals surface area contributed by atoms with Gasteiger partial charge in [0, 0.05) is 45.1 Å². The summed E-state index contributed by atoms with van der Waals surface area (Å²) in [7, 11) is 5.77. The van der Waals surface area contributed by atoms with E-state index in [1.54, 1.807) is 25.7 Å². The molecular weight excluding hydrogens is 394 g/mol. The number of nitrogens with zero attached hydrogens (tertiary/aromatic N) is 4. The first-order valence-corrected chi connectivity index (χ1v) is 10.9. The van der Waals surface area contributed by atoms with Crippen molar-refractivity contribution in [2.45, 2.75) is 31.4 Å².